The predicted molar refractivity (Wildman–Crippen MR) is 115 cm³/mol. The summed E-state index contributed by atoms with van der Waals surface area (Å²) in [5.41, 5.74) is 1.30. The lowest BCUT2D eigenvalue weighted by Crippen LogP contribution is -2.45. The number of piperazine rings is 1. The first kappa shape index (κ1) is 26.1. The summed E-state index contributed by atoms with van der Waals surface area (Å²) in [7, 11) is 0. The Morgan fingerprint density at radius 2 is 1.66 bits per heavy atom. The van der Waals surface area contributed by atoms with E-state index in [1.807, 2.05) is 0 Å². The van der Waals surface area contributed by atoms with Crippen molar-refractivity contribution in [3.63, 3.8) is 0 Å². The first-order chi connectivity index (χ1) is 12.8. The van der Waals surface area contributed by atoms with Crippen LogP contribution in [0, 0.1) is 0 Å². The van der Waals surface area contributed by atoms with E-state index in [0.29, 0.717) is 23.1 Å². The van der Waals surface area contributed by atoms with Crippen LogP contribution in [0.25, 0.3) is 0 Å². The summed E-state index contributed by atoms with van der Waals surface area (Å²) in [5, 5.41) is 14.0. The number of phenols is 1. The van der Waals surface area contributed by atoms with Gasteiger partial charge >= 0.3 is 6.36 Å². The van der Waals surface area contributed by atoms with E-state index in [-0.39, 0.29) is 47.4 Å². The maximum Gasteiger partial charge on any atom is 0.573 e. The van der Waals surface area contributed by atoms with Crippen molar-refractivity contribution in [3.05, 3.63) is 57.0 Å². The van der Waals surface area contributed by atoms with Crippen molar-refractivity contribution < 1.29 is 23.0 Å². The number of aromatic hydroxyl groups is 1. The van der Waals surface area contributed by atoms with Crippen LogP contribution in [0.1, 0.15) is 17.2 Å². The zero-order valence-corrected chi connectivity index (χ0v) is 18.9. The summed E-state index contributed by atoms with van der Waals surface area (Å²) in [5.74, 6) is -0.343. The molecule has 0 radical (unpaired) electrons. The van der Waals surface area contributed by atoms with Gasteiger partial charge in [0.15, 0.2) is 0 Å². The monoisotopic (exact) mass is 536 g/mol. The molecule has 2 N–H and O–H groups in total. The molecule has 29 heavy (non-hydrogen) atoms. The van der Waals surface area contributed by atoms with Crippen LogP contribution < -0.4 is 10.1 Å². The predicted octanol–water partition coefficient (Wildman–Crippen LogP) is 5.54. The number of benzene rings is 2. The maximum atomic E-state index is 12.4. The number of halogens is 7. The molecule has 2 aromatic rings. The van der Waals surface area contributed by atoms with E-state index in [2.05, 4.69) is 30.9 Å². The Bertz CT molecular complexity index is 804. The van der Waals surface area contributed by atoms with Gasteiger partial charge in [0.25, 0.3) is 0 Å². The van der Waals surface area contributed by atoms with Gasteiger partial charge in [-0.05, 0) is 29.8 Å². The van der Waals surface area contributed by atoms with Gasteiger partial charge in [0.1, 0.15) is 11.5 Å². The first-order valence-corrected chi connectivity index (χ1v) is 9.40. The molecule has 0 spiro atoms. The highest BCUT2D eigenvalue weighted by Crippen LogP contribution is 2.43. The SMILES string of the molecule is Cl.Cl.Oc1c(Cl)ccc(Br)c1[C@@H](c1ccc(OC(F)(F)F)cc1)N1CCNCC1. The number of hydrogen-bond acceptors (Lipinski definition) is 4. The Kier molecular flexibility index (Phi) is 9.85. The molecule has 1 aliphatic heterocycles. The quantitative estimate of drug-likeness (QED) is 0.536. The van der Waals surface area contributed by atoms with Gasteiger partial charge in [0.05, 0.1) is 11.1 Å². The Morgan fingerprint density at radius 1 is 1.07 bits per heavy atom. The third-order valence-electron chi connectivity index (χ3n) is 4.33. The minimum atomic E-state index is -4.74. The molecule has 1 atom stereocenters. The van der Waals surface area contributed by atoms with Crippen molar-refractivity contribution in [1.29, 1.82) is 0 Å². The number of alkyl halides is 3. The fourth-order valence-corrected chi connectivity index (χ4v) is 3.87. The van der Waals surface area contributed by atoms with Crippen LogP contribution in [0.2, 0.25) is 5.02 Å². The van der Waals surface area contributed by atoms with Crippen molar-refractivity contribution in [1.82, 2.24) is 10.2 Å². The standard InChI is InChI=1S/C18H17BrClF3N2O2.2ClH/c19-13-5-6-14(20)17(26)15(13)16(25-9-7-24-8-10-25)11-1-3-12(4-2-11)27-18(21,22)23;;/h1-6,16,24,26H,7-10H2;2*1H/t16-;;/m1../s1. The van der Waals surface area contributed by atoms with Crippen LogP contribution in [0.3, 0.4) is 0 Å². The van der Waals surface area contributed by atoms with E-state index in [1.165, 1.54) is 12.1 Å². The van der Waals surface area contributed by atoms with Crippen LogP contribution in [-0.4, -0.2) is 42.5 Å². The summed E-state index contributed by atoms with van der Waals surface area (Å²) < 4.78 is 41.9. The van der Waals surface area contributed by atoms with E-state index in [9.17, 15) is 18.3 Å². The lowest BCUT2D eigenvalue weighted by Gasteiger charge is -2.36. The molecule has 11 heteroatoms. The fourth-order valence-electron chi connectivity index (χ4n) is 3.17. The molecule has 4 nitrogen and oxygen atoms in total. The number of nitrogens with one attached hydrogen (secondary N) is 1. The maximum absolute atomic E-state index is 12.4. The van der Waals surface area contributed by atoms with Crippen molar-refractivity contribution in [2.24, 2.45) is 0 Å². The van der Waals surface area contributed by atoms with Gasteiger partial charge in [0.2, 0.25) is 0 Å². The van der Waals surface area contributed by atoms with E-state index < -0.39 is 6.36 Å². The minimum Gasteiger partial charge on any atom is -0.506 e. The van der Waals surface area contributed by atoms with Crippen LogP contribution >= 0.6 is 52.3 Å². The molecule has 1 saturated heterocycles. The van der Waals surface area contributed by atoms with Gasteiger partial charge in [0, 0.05) is 36.2 Å². The first-order valence-electron chi connectivity index (χ1n) is 8.23. The fraction of sp³-hybridized carbons (Fsp3) is 0.333. The molecule has 2 aromatic carbocycles. The molecule has 1 aliphatic rings. The second-order valence-electron chi connectivity index (χ2n) is 6.10. The highest BCUT2D eigenvalue weighted by atomic mass is 79.9. The molecule has 0 aromatic heterocycles. The molecule has 0 unspecified atom stereocenters. The lowest BCUT2D eigenvalue weighted by atomic mass is 9.95. The van der Waals surface area contributed by atoms with Crippen LogP contribution in [0.4, 0.5) is 13.2 Å². The van der Waals surface area contributed by atoms with Gasteiger partial charge in [-0.25, -0.2) is 0 Å². The third-order valence-corrected chi connectivity index (χ3v) is 5.33. The highest BCUT2D eigenvalue weighted by Gasteiger charge is 2.32. The van der Waals surface area contributed by atoms with Gasteiger partial charge < -0.3 is 15.2 Å². The second-order valence-corrected chi connectivity index (χ2v) is 7.36. The van der Waals surface area contributed by atoms with Gasteiger partial charge in [-0.15, -0.1) is 38.0 Å². The normalized spacial score (nSPS) is 15.8. The molecular weight excluding hydrogens is 519 g/mol. The number of ether oxygens (including phenoxy) is 1. The van der Waals surface area contributed by atoms with Crippen molar-refractivity contribution in [3.8, 4) is 11.5 Å². The van der Waals surface area contributed by atoms with Gasteiger partial charge in [-0.3, -0.25) is 4.90 Å². The molecule has 3 rings (SSSR count). The van der Waals surface area contributed by atoms with E-state index in [0.717, 1.165) is 18.7 Å². The largest absolute Gasteiger partial charge is 0.573 e. The average molecular weight is 539 g/mol. The number of phenolic OH excluding ortho intramolecular Hbond substituents is 1. The molecule has 1 heterocycles. The van der Waals surface area contributed by atoms with Crippen LogP contribution in [0.5, 0.6) is 11.5 Å². The second kappa shape index (κ2) is 10.9. The Labute approximate surface area is 192 Å². The summed E-state index contributed by atoms with van der Waals surface area (Å²) in [6.07, 6.45) is -4.74. The summed E-state index contributed by atoms with van der Waals surface area (Å²) in [6.45, 7) is 2.96. The lowest BCUT2D eigenvalue weighted by molar-refractivity contribution is -0.274. The number of nitrogens with zero attached hydrogens (tertiary/aromatic N) is 1. The van der Waals surface area contributed by atoms with Crippen LogP contribution in [-0.2, 0) is 0 Å². The molecule has 1 fully saturated rings. The molecule has 0 bridgehead atoms. The van der Waals surface area contributed by atoms with E-state index >= 15 is 0 Å². The number of rotatable bonds is 4. The van der Waals surface area contributed by atoms with Gasteiger partial charge in [-0.2, -0.15) is 0 Å². The highest BCUT2D eigenvalue weighted by molar-refractivity contribution is 9.10. The topological polar surface area (TPSA) is 44.7 Å². The Hall–Kier alpha value is -0.900. The summed E-state index contributed by atoms with van der Waals surface area (Å²) >= 11 is 9.57. The third kappa shape index (κ3) is 6.54. The molecule has 0 amide bonds. The zero-order valence-electron chi connectivity index (χ0n) is 14.9. The van der Waals surface area contributed by atoms with E-state index in [1.54, 1.807) is 24.3 Å². The van der Waals surface area contributed by atoms with Crippen LogP contribution in [0.15, 0.2) is 40.9 Å². The smallest absolute Gasteiger partial charge is 0.506 e. The van der Waals surface area contributed by atoms with E-state index in [4.69, 9.17) is 11.6 Å². The summed E-state index contributed by atoms with van der Waals surface area (Å²) in [6, 6.07) is 8.63. The Balaban J connectivity index is 0.00000210. The summed E-state index contributed by atoms with van der Waals surface area (Å²) in [4.78, 5) is 2.15. The Morgan fingerprint density at radius 3 is 2.21 bits per heavy atom. The zero-order chi connectivity index (χ0) is 19.6. The average Bonchev–Trinajstić information content (AvgIpc) is 2.62. The minimum absolute atomic E-state index is 0. The van der Waals surface area contributed by atoms with Gasteiger partial charge in [-0.1, -0.05) is 39.7 Å². The van der Waals surface area contributed by atoms with Crippen molar-refractivity contribution >= 4 is 52.3 Å². The van der Waals surface area contributed by atoms with Crippen molar-refractivity contribution in [2.45, 2.75) is 12.4 Å². The molecular formula is C18H19BrCl3F3N2O2. The molecule has 0 aliphatic carbocycles. The number of hydrogen-bond donors (Lipinski definition) is 2. The molecule has 162 valence electrons. The molecule has 0 saturated carbocycles. The van der Waals surface area contributed by atoms with Crippen molar-refractivity contribution in [2.75, 3.05) is 26.2 Å².